The van der Waals surface area contributed by atoms with E-state index >= 15 is 0 Å². The van der Waals surface area contributed by atoms with Crippen LogP contribution in [0.3, 0.4) is 0 Å². The number of amides is 1. The number of rotatable bonds is 1. The van der Waals surface area contributed by atoms with E-state index in [0.717, 1.165) is 28.9 Å². The van der Waals surface area contributed by atoms with Crippen LogP contribution in [0.4, 0.5) is 11.4 Å². The lowest BCUT2D eigenvalue weighted by Gasteiger charge is -2.19. The van der Waals surface area contributed by atoms with Crippen molar-refractivity contribution in [3.63, 3.8) is 0 Å². The van der Waals surface area contributed by atoms with E-state index in [9.17, 15) is 4.79 Å². The largest absolute Gasteiger partial charge is 0.398 e. The Bertz CT molecular complexity index is 697. The minimum atomic E-state index is -0.0191. The fourth-order valence-corrected chi connectivity index (χ4v) is 2.83. The zero-order chi connectivity index (χ0) is 14.3. The fourth-order valence-electron chi connectivity index (χ4n) is 2.66. The molecular weight excluding hydrogens is 272 g/mol. The van der Waals surface area contributed by atoms with Crippen molar-refractivity contribution in [3.05, 3.63) is 58.1 Å². The number of benzene rings is 2. The SMILES string of the molecule is Cc1c(Cl)cccc1C(=O)N1CCc2c(N)cccc21. The number of nitrogen functional groups attached to an aromatic ring is 1. The van der Waals surface area contributed by atoms with Gasteiger partial charge < -0.3 is 10.6 Å². The summed E-state index contributed by atoms with van der Waals surface area (Å²) in [4.78, 5) is 14.5. The molecule has 102 valence electrons. The van der Waals surface area contributed by atoms with Crippen LogP contribution >= 0.6 is 11.6 Å². The Labute approximate surface area is 123 Å². The molecule has 3 nitrogen and oxygen atoms in total. The molecule has 2 N–H and O–H groups in total. The Balaban J connectivity index is 2.02. The molecule has 1 heterocycles. The highest BCUT2D eigenvalue weighted by Crippen LogP contribution is 2.33. The van der Waals surface area contributed by atoms with Gasteiger partial charge in [0.2, 0.25) is 0 Å². The van der Waals surface area contributed by atoms with Gasteiger partial charge in [-0.3, -0.25) is 4.79 Å². The molecule has 0 aliphatic carbocycles. The van der Waals surface area contributed by atoms with Crippen molar-refractivity contribution >= 4 is 28.9 Å². The molecule has 0 aromatic heterocycles. The highest BCUT2D eigenvalue weighted by atomic mass is 35.5. The number of nitrogens with two attached hydrogens (primary N) is 1. The number of hydrogen-bond acceptors (Lipinski definition) is 2. The van der Waals surface area contributed by atoms with Crippen LogP contribution in [0.2, 0.25) is 5.02 Å². The van der Waals surface area contributed by atoms with E-state index in [1.165, 1.54) is 0 Å². The monoisotopic (exact) mass is 286 g/mol. The molecule has 2 aromatic carbocycles. The predicted octanol–water partition coefficient (Wildman–Crippen LogP) is 3.43. The normalized spacial score (nSPS) is 13.4. The van der Waals surface area contributed by atoms with Crippen molar-refractivity contribution < 1.29 is 4.79 Å². The molecule has 3 rings (SSSR count). The van der Waals surface area contributed by atoms with E-state index in [1.807, 2.05) is 31.2 Å². The lowest BCUT2D eigenvalue weighted by molar-refractivity contribution is 0.0989. The third-order valence-corrected chi connectivity index (χ3v) is 4.22. The van der Waals surface area contributed by atoms with E-state index < -0.39 is 0 Å². The van der Waals surface area contributed by atoms with Gasteiger partial charge in [0.1, 0.15) is 0 Å². The standard InChI is InChI=1S/C16H15ClN2O/c1-10-11(4-2-5-13(10)17)16(20)19-9-8-12-14(18)6-3-7-15(12)19/h2-7H,8-9,18H2,1H3. The molecule has 0 radical (unpaired) electrons. The zero-order valence-corrected chi connectivity index (χ0v) is 11.9. The first-order chi connectivity index (χ1) is 9.59. The maximum atomic E-state index is 12.7. The van der Waals surface area contributed by atoms with E-state index in [4.69, 9.17) is 17.3 Å². The number of halogens is 1. The Kier molecular flexibility index (Phi) is 3.14. The summed E-state index contributed by atoms with van der Waals surface area (Å²) in [6.07, 6.45) is 0.799. The fraction of sp³-hybridized carbons (Fsp3) is 0.188. The summed E-state index contributed by atoms with van der Waals surface area (Å²) >= 11 is 6.10. The summed E-state index contributed by atoms with van der Waals surface area (Å²) in [5.74, 6) is -0.0191. The van der Waals surface area contributed by atoms with Crippen molar-refractivity contribution in [2.45, 2.75) is 13.3 Å². The van der Waals surface area contributed by atoms with Crippen molar-refractivity contribution in [1.29, 1.82) is 0 Å². The van der Waals surface area contributed by atoms with Crippen molar-refractivity contribution in [3.8, 4) is 0 Å². The molecule has 2 aromatic rings. The molecule has 1 aliphatic heterocycles. The summed E-state index contributed by atoms with van der Waals surface area (Å²) in [6, 6.07) is 11.1. The first-order valence-corrected chi connectivity index (χ1v) is 6.91. The van der Waals surface area contributed by atoms with Crippen LogP contribution in [-0.2, 0) is 6.42 Å². The van der Waals surface area contributed by atoms with Crippen molar-refractivity contribution in [2.75, 3.05) is 17.2 Å². The lowest BCUT2D eigenvalue weighted by atomic mass is 10.1. The van der Waals surface area contributed by atoms with Gasteiger partial charge >= 0.3 is 0 Å². The Morgan fingerprint density at radius 3 is 2.80 bits per heavy atom. The summed E-state index contributed by atoms with van der Waals surface area (Å²) in [7, 11) is 0. The van der Waals surface area contributed by atoms with Crippen molar-refractivity contribution in [1.82, 2.24) is 0 Å². The first-order valence-electron chi connectivity index (χ1n) is 6.54. The Morgan fingerprint density at radius 1 is 1.25 bits per heavy atom. The molecule has 0 atom stereocenters. The predicted molar refractivity (Wildman–Crippen MR) is 82.4 cm³/mol. The smallest absolute Gasteiger partial charge is 0.258 e. The van der Waals surface area contributed by atoms with Gasteiger partial charge in [0.05, 0.1) is 0 Å². The number of hydrogen-bond donors (Lipinski definition) is 1. The Hall–Kier alpha value is -2.00. The van der Waals surface area contributed by atoms with Crippen molar-refractivity contribution in [2.24, 2.45) is 0 Å². The molecule has 0 unspecified atom stereocenters. The third-order valence-electron chi connectivity index (χ3n) is 3.81. The molecule has 0 bridgehead atoms. The second-order valence-corrected chi connectivity index (χ2v) is 5.37. The van der Waals surface area contributed by atoms with E-state index in [0.29, 0.717) is 17.1 Å². The molecule has 20 heavy (non-hydrogen) atoms. The van der Waals surface area contributed by atoms with Gasteiger partial charge in [-0.2, -0.15) is 0 Å². The molecule has 0 fully saturated rings. The first kappa shape index (κ1) is 13.0. The molecule has 1 amide bonds. The van der Waals surface area contributed by atoms with Crippen LogP contribution in [0, 0.1) is 6.92 Å². The Morgan fingerprint density at radius 2 is 2.00 bits per heavy atom. The maximum Gasteiger partial charge on any atom is 0.258 e. The number of anilines is 2. The molecule has 0 saturated carbocycles. The van der Waals surface area contributed by atoms with Crippen LogP contribution in [0.1, 0.15) is 21.5 Å². The molecule has 4 heteroatoms. The zero-order valence-electron chi connectivity index (χ0n) is 11.2. The number of fused-ring (bicyclic) bond motifs is 1. The lowest BCUT2D eigenvalue weighted by Crippen LogP contribution is -2.29. The van der Waals surface area contributed by atoms with Crippen LogP contribution in [0.25, 0.3) is 0 Å². The highest BCUT2D eigenvalue weighted by molar-refractivity contribution is 6.32. The average molecular weight is 287 g/mol. The number of carbonyl (C=O) groups is 1. The summed E-state index contributed by atoms with van der Waals surface area (Å²) in [5.41, 5.74) is 10.1. The van der Waals surface area contributed by atoms with Gasteiger partial charge in [0, 0.05) is 34.1 Å². The van der Waals surface area contributed by atoms with Gasteiger partial charge in [-0.15, -0.1) is 0 Å². The van der Waals surface area contributed by atoms with Gasteiger partial charge in [-0.25, -0.2) is 0 Å². The number of nitrogens with zero attached hydrogens (tertiary/aromatic N) is 1. The minimum Gasteiger partial charge on any atom is -0.398 e. The quantitative estimate of drug-likeness (QED) is 0.816. The third kappa shape index (κ3) is 1.95. The molecule has 0 saturated heterocycles. The van der Waals surface area contributed by atoms with Gasteiger partial charge in [-0.1, -0.05) is 23.7 Å². The van der Waals surface area contributed by atoms with Crippen LogP contribution in [-0.4, -0.2) is 12.5 Å². The summed E-state index contributed by atoms with van der Waals surface area (Å²) < 4.78 is 0. The van der Waals surface area contributed by atoms with Crippen LogP contribution in [0.15, 0.2) is 36.4 Å². The highest BCUT2D eigenvalue weighted by Gasteiger charge is 2.27. The molecule has 1 aliphatic rings. The van der Waals surface area contributed by atoms with Gasteiger partial charge in [0.15, 0.2) is 0 Å². The van der Waals surface area contributed by atoms with E-state index in [2.05, 4.69) is 0 Å². The maximum absolute atomic E-state index is 12.7. The van der Waals surface area contributed by atoms with Gasteiger partial charge in [-0.05, 0) is 43.2 Å². The number of carbonyl (C=O) groups excluding carboxylic acids is 1. The summed E-state index contributed by atoms with van der Waals surface area (Å²) in [6.45, 7) is 2.53. The van der Waals surface area contributed by atoms with Crippen LogP contribution in [0.5, 0.6) is 0 Å². The van der Waals surface area contributed by atoms with Gasteiger partial charge in [0.25, 0.3) is 5.91 Å². The second-order valence-electron chi connectivity index (χ2n) is 4.96. The molecule has 0 spiro atoms. The second kappa shape index (κ2) is 4.84. The topological polar surface area (TPSA) is 46.3 Å². The van der Waals surface area contributed by atoms with E-state index in [1.54, 1.807) is 17.0 Å². The average Bonchev–Trinajstić information content (AvgIpc) is 2.86. The summed E-state index contributed by atoms with van der Waals surface area (Å²) in [5, 5.41) is 0.614. The van der Waals surface area contributed by atoms with E-state index in [-0.39, 0.29) is 5.91 Å². The molecular formula is C16H15ClN2O. The van der Waals surface area contributed by atoms with Crippen LogP contribution < -0.4 is 10.6 Å². The minimum absolute atomic E-state index is 0.0191.